The molecule has 0 spiro atoms. The van der Waals surface area contributed by atoms with Crippen molar-refractivity contribution >= 4 is 23.3 Å². The van der Waals surface area contributed by atoms with E-state index in [1.165, 1.54) is 7.11 Å². The highest BCUT2D eigenvalue weighted by Gasteiger charge is 2.12. The van der Waals surface area contributed by atoms with Crippen molar-refractivity contribution < 1.29 is 19.1 Å². The van der Waals surface area contributed by atoms with Crippen molar-refractivity contribution in [3.8, 4) is 0 Å². The lowest BCUT2D eigenvalue weighted by Gasteiger charge is -2.06. The van der Waals surface area contributed by atoms with Gasteiger partial charge in [0, 0.05) is 11.3 Å². The van der Waals surface area contributed by atoms with Gasteiger partial charge in [-0.2, -0.15) is 0 Å². The maximum absolute atomic E-state index is 11.9. The van der Waals surface area contributed by atoms with E-state index in [2.05, 4.69) is 10.1 Å². The van der Waals surface area contributed by atoms with E-state index in [0.717, 1.165) is 0 Å². The van der Waals surface area contributed by atoms with Crippen LogP contribution in [0.4, 0.5) is 5.69 Å². The van der Waals surface area contributed by atoms with Gasteiger partial charge >= 0.3 is 5.97 Å². The van der Waals surface area contributed by atoms with E-state index in [4.69, 9.17) is 0 Å². The molecule has 112 valence electrons. The van der Waals surface area contributed by atoms with Crippen molar-refractivity contribution in [2.45, 2.75) is 6.42 Å². The Bertz CT molecular complexity index is 678. The molecule has 22 heavy (non-hydrogen) atoms. The molecule has 0 radical (unpaired) electrons. The molecule has 0 aliphatic heterocycles. The van der Waals surface area contributed by atoms with E-state index in [-0.39, 0.29) is 12.2 Å². The summed E-state index contributed by atoms with van der Waals surface area (Å²) in [4.78, 5) is 35.0. The largest absolute Gasteiger partial charge is 0.465 e. The van der Waals surface area contributed by atoms with Gasteiger partial charge in [0.1, 0.15) is 0 Å². The summed E-state index contributed by atoms with van der Waals surface area (Å²) in [5.74, 6) is -1.10. The fraction of sp³-hybridized carbons (Fsp3) is 0.118. The second-order valence-electron chi connectivity index (χ2n) is 4.58. The number of Topliss-reactive ketones (excluding diaryl/α,β-unsaturated/α-hetero) is 1. The average Bonchev–Trinajstić information content (AvgIpc) is 2.55. The van der Waals surface area contributed by atoms with Crippen LogP contribution in [-0.4, -0.2) is 24.8 Å². The molecule has 0 bridgehead atoms. The number of nitrogens with one attached hydrogen (secondary N) is 1. The molecule has 5 nitrogen and oxygen atoms in total. The highest BCUT2D eigenvalue weighted by atomic mass is 16.5. The number of amides is 1. The normalized spacial score (nSPS) is 9.86. The van der Waals surface area contributed by atoms with Crippen LogP contribution in [0.1, 0.15) is 27.1 Å². The molecule has 1 amide bonds. The Hall–Kier alpha value is -2.95. The van der Waals surface area contributed by atoms with Gasteiger partial charge in [0.2, 0.25) is 5.91 Å². The number of methoxy groups -OCH3 is 1. The van der Waals surface area contributed by atoms with Crippen LogP contribution >= 0.6 is 0 Å². The lowest BCUT2D eigenvalue weighted by Crippen LogP contribution is -2.16. The maximum atomic E-state index is 11.9. The van der Waals surface area contributed by atoms with Crippen molar-refractivity contribution in [3.63, 3.8) is 0 Å². The smallest absolute Gasteiger partial charge is 0.337 e. The fourth-order valence-electron chi connectivity index (χ4n) is 1.88. The number of rotatable bonds is 5. The van der Waals surface area contributed by atoms with Gasteiger partial charge in [-0.1, -0.05) is 30.3 Å². The van der Waals surface area contributed by atoms with E-state index in [0.29, 0.717) is 16.8 Å². The number of carbonyl (C=O) groups excluding carboxylic acids is 3. The number of esters is 1. The summed E-state index contributed by atoms with van der Waals surface area (Å²) in [6.45, 7) is 0. The average molecular weight is 297 g/mol. The van der Waals surface area contributed by atoms with Crippen LogP contribution in [0.2, 0.25) is 0 Å². The Balaban J connectivity index is 1.95. The third kappa shape index (κ3) is 4.02. The molecule has 0 aliphatic carbocycles. The van der Waals surface area contributed by atoms with Gasteiger partial charge in [0.05, 0.1) is 19.1 Å². The fourth-order valence-corrected chi connectivity index (χ4v) is 1.88. The monoisotopic (exact) mass is 297 g/mol. The minimum atomic E-state index is -0.447. The number of benzene rings is 2. The Kier molecular flexibility index (Phi) is 5.03. The standard InChI is InChI=1S/C17H15NO4/c1-22-17(21)13-7-9-14(10-8-13)18-16(20)11-15(19)12-5-3-2-4-6-12/h2-10H,11H2,1H3,(H,18,20). The van der Waals surface area contributed by atoms with Gasteiger partial charge in [0.15, 0.2) is 5.78 Å². The summed E-state index contributed by atoms with van der Waals surface area (Å²) < 4.78 is 4.59. The van der Waals surface area contributed by atoms with Crippen molar-refractivity contribution in [1.29, 1.82) is 0 Å². The zero-order valence-electron chi connectivity index (χ0n) is 12.0. The van der Waals surface area contributed by atoms with Gasteiger partial charge in [-0.05, 0) is 24.3 Å². The van der Waals surface area contributed by atoms with Crippen LogP contribution in [0, 0.1) is 0 Å². The van der Waals surface area contributed by atoms with E-state index >= 15 is 0 Å². The number of anilines is 1. The Morgan fingerprint density at radius 3 is 2.14 bits per heavy atom. The molecular formula is C17H15NO4. The van der Waals surface area contributed by atoms with Crippen molar-refractivity contribution in [2.75, 3.05) is 12.4 Å². The Morgan fingerprint density at radius 1 is 0.909 bits per heavy atom. The highest BCUT2D eigenvalue weighted by molar-refractivity contribution is 6.11. The molecule has 0 saturated carbocycles. The highest BCUT2D eigenvalue weighted by Crippen LogP contribution is 2.11. The number of carbonyl (C=O) groups is 3. The minimum absolute atomic E-state index is 0.233. The maximum Gasteiger partial charge on any atom is 0.337 e. The lowest BCUT2D eigenvalue weighted by molar-refractivity contribution is -0.115. The Labute approximate surface area is 127 Å². The molecule has 5 heteroatoms. The molecular weight excluding hydrogens is 282 g/mol. The molecule has 0 aliphatic rings. The van der Waals surface area contributed by atoms with E-state index in [1.807, 2.05) is 0 Å². The van der Waals surface area contributed by atoms with E-state index in [9.17, 15) is 14.4 Å². The first-order valence-corrected chi connectivity index (χ1v) is 6.66. The zero-order chi connectivity index (χ0) is 15.9. The number of ketones is 1. The van der Waals surface area contributed by atoms with Crippen molar-refractivity contribution in [1.82, 2.24) is 0 Å². The molecule has 0 heterocycles. The first-order chi connectivity index (χ1) is 10.6. The molecule has 2 rings (SSSR count). The zero-order valence-corrected chi connectivity index (χ0v) is 12.0. The minimum Gasteiger partial charge on any atom is -0.465 e. The first-order valence-electron chi connectivity index (χ1n) is 6.66. The summed E-state index contributed by atoms with van der Waals surface area (Å²) in [5.41, 5.74) is 1.40. The number of hydrogen-bond donors (Lipinski definition) is 1. The molecule has 0 saturated heterocycles. The molecule has 0 unspecified atom stereocenters. The van der Waals surface area contributed by atoms with Crippen molar-refractivity contribution in [2.24, 2.45) is 0 Å². The van der Waals surface area contributed by atoms with Crippen molar-refractivity contribution in [3.05, 3.63) is 65.7 Å². The van der Waals surface area contributed by atoms with Crippen LogP contribution in [0.3, 0.4) is 0 Å². The predicted molar refractivity (Wildman–Crippen MR) is 81.8 cm³/mol. The quantitative estimate of drug-likeness (QED) is 0.523. The van der Waals surface area contributed by atoms with E-state index in [1.54, 1.807) is 54.6 Å². The topological polar surface area (TPSA) is 72.5 Å². The van der Waals surface area contributed by atoms with Gasteiger partial charge in [0.25, 0.3) is 0 Å². The first kappa shape index (κ1) is 15.4. The molecule has 2 aromatic carbocycles. The van der Waals surface area contributed by atoms with E-state index < -0.39 is 11.9 Å². The van der Waals surface area contributed by atoms with Gasteiger partial charge < -0.3 is 10.1 Å². The summed E-state index contributed by atoms with van der Waals surface area (Å²) >= 11 is 0. The summed E-state index contributed by atoms with van der Waals surface area (Å²) in [6.07, 6.45) is -0.233. The molecule has 0 aromatic heterocycles. The van der Waals surface area contributed by atoms with Crippen LogP contribution in [0.5, 0.6) is 0 Å². The van der Waals surface area contributed by atoms with Gasteiger partial charge in [-0.3, -0.25) is 9.59 Å². The third-order valence-electron chi connectivity index (χ3n) is 3.01. The molecule has 2 aromatic rings. The molecule has 0 atom stereocenters. The van der Waals surface area contributed by atoms with Crippen LogP contribution in [0.25, 0.3) is 0 Å². The van der Waals surface area contributed by atoms with Gasteiger partial charge in [-0.15, -0.1) is 0 Å². The van der Waals surface area contributed by atoms with Gasteiger partial charge in [-0.25, -0.2) is 4.79 Å². The van der Waals surface area contributed by atoms with Crippen LogP contribution in [-0.2, 0) is 9.53 Å². The van der Waals surface area contributed by atoms with Crippen LogP contribution < -0.4 is 5.32 Å². The SMILES string of the molecule is COC(=O)c1ccc(NC(=O)CC(=O)c2ccccc2)cc1. The third-order valence-corrected chi connectivity index (χ3v) is 3.01. The Morgan fingerprint density at radius 2 is 1.55 bits per heavy atom. The summed E-state index contributed by atoms with van der Waals surface area (Å²) in [6, 6.07) is 14.9. The lowest BCUT2D eigenvalue weighted by atomic mass is 10.1. The number of ether oxygens (including phenoxy) is 1. The second kappa shape index (κ2) is 7.17. The number of hydrogen-bond acceptors (Lipinski definition) is 4. The predicted octanol–water partition coefficient (Wildman–Crippen LogP) is 2.68. The molecule has 1 N–H and O–H groups in total. The molecule has 0 fully saturated rings. The summed E-state index contributed by atoms with van der Waals surface area (Å²) in [7, 11) is 1.30. The van der Waals surface area contributed by atoms with Crippen LogP contribution in [0.15, 0.2) is 54.6 Å². The summed E-state index contributed by atoms with van der Waals surface area (Å²) in [5, 5.41) is 2.61. The second-order valence-corrected chi connectivity index (χ2v) is 4.58.